The molecule has 0 bridgehead atoms. The molecule has 1 aromatic heterocycles. The molecule has 0 fully saturated rings. The van der Waals surface area contributed by atoms with Crippen molar-refractivity contribution in [1.29, 1.82) is 0 Å². The van der Waals surface area contributed by atoms with Crippen molar-refractivity contribution in [3.05, 3.63) is 41.5 Å². The lowest BCUT2D eigenvalue weighted by Crippen LogP contribution is -2.26. The van der Waals surface area contributed by atoms with E-state index in [9.17, 15) is 0 Å². The Balaban J connectivity index is 1.76. The normalized spacial score (nSPS) is 17.5. The van der Waals surface area contributed by atoms with Crippen molar-refractivity contribution in [1.82, 2.24) is 15.5 Å². The molecule has 0 amide bonds. The molecule has 0 spiro atoms. The summed E-state index contributed by atoms with van der Waals surface area (Å²) in [6, 6.07) is 6.75. The summed E-state index contributed by atoms with van der Waals surface area (Å²) in [4.78, 5) is 3.98. The molecule has 2 aromatic rings. The molecular formula is C16H21N3O2. The first kappa shape index (κ1) is 14.1. The minimum atomic E-state index is 0.347. The highest BCUT2D eigenvalue weighted by atomic mass is 16.5. The summed E-state index contributed by atoms with van der Waals surface area (Å²) in [5.41, 5.74) is 2.70. The van der Waals surface area contributed by atoms with E-state index in [1.165, 1.54) is 30.4 Å². The molecule has 0 saturated carbocycles. The van der Waals surface area contributed by atoms with Gasteiger partial charge in [-0.25, -0.2) is 0 Å². The highest BCUT2D eigenvalue weighted by Gasteiger charge is 2.22. The second kappa shape index (κ2) is 6.72. The van der Waals surface area contributed by atoms with Crippen LogP contribution >= 0.6 is 0 Å². The summed E-state index contributed by atoms with van der Waals surface area (Å²) in [7, 11) is 0. The monoisotopic (exact) mass is 287 g/mol. The number of hydrogen-bond donors (Lipinski definition) is 1. The van der Waals surface area contributed by atoms with E-state index in [-0.39, 0.29) is 0 Å². The van der Waals surface area contributed by atoms with Crippen LogP contribution in [0.2, 0.25) is 0 Å². The maximum Gasteiger partial charge on any atom is 0.213 e. The van der Waals surface area contributed by atoms with E-state index in [2.05, 4.69) is 34.5 Å². The topological polar surface area (TPSA) is 60.2 Å². The fourth-order valence-electron chi connectivity index (χ4n) is 2.88. The van der Waals surface area contributed by atoms with Crippen molar-refractivity contribution in [3.63, 3.8) is 0 Å². The zero-order valence-corrected chi connectivity index (χ0v) is 12.3. The first-order valence-electron chi connectivity index (χ1n) is 7.61. The highest BCUT2D eigenvalue weighted by molar-refractivity contribution is 5.43. The molecular weight excluding hydrogens is 266 g/mol. The van der Waals surface area contributed by atoms with E-state index >= 15 is 0 Å². The molecule has 0 saturated heterocycles. The van der Waals surface area contributed by atoms with Crippen molar-refractivity contribution in [2.75, 3.05) is 6.54 Å². The van der Waals surface area contributed by atoms with Crippen LogP contribution in [0.5, 0.6) is 5.75 Å². The Morgan fingerprint density at radius 2 is 2.38 bits per heavy atom. The summed E-state index contributed by atoms with van der Waals surface area (Å²) in [5.74, 6) is 1.52. The minimum Gasteiger partial charge on any atom is -0.485 e. The van der Waals surface area contributed by atoms with E-state index in [0.29, 0.717) is 18.5 Å². The fraction of sp³-hybridized carbons (Fsp3) is 0.500. The molecule has 1 aliphatic carbocycles. The van der Waals surface area contributed by atoms with Crippen LogP contribution in [-0.2, 0) is 13.0 Å². The van der Waals surface area contributed by atoms with E-state index < -0.39 is 0 Å². The van der Waals surface area contributed by atoms with E-state index in [4.69, 9.17) is 9.26 Å². The molecule has 3 rings (SSSR count). The first-order valence-corrected chi connectivity index (χ1v) is 7.61. The molecule has 112 valence electrons. The molecule has 1 atom stereocenters. The Kier molecular flexibility index (Phi) is 4.50. The number of ether oxygens (including phenoxy) is 1. The van der Waals surface area contributed by atoms with Gasteiger partial charge in [0.1, 0.15) is 5.75 Å². The van der Waals surface area contributed by atoms with Gasteiger partial charge in [0.2, 0.25) is 12.2 Å². The van der Waals surface area contributed by atoms with Gasteiger partial charge >= 0.3 is 0 Å². The molecule has 1 heterocycles. The Morgan fingerprint density at radius 3 is 3.19 bits per heavy atom. The Hall–Kier alpha value is -1.88. The fourth-order valence-corrected chi connectivity index (χ4v) is 2.88. The van der Waals surface area contributed by atoms with E-state index in [0.717, 1.165) is 25.1 Å². The maximum absolute atomic E-state index is 5.89. The highest BCUT2D eigenvalue weighted by Crippen LogP contribution is 2.35. The zero-order chi connectivity index (χ0) is 14.5. The largest absolute Gasteiger partial charge is 0.485 e. The average Bonchev–Trinajstić information content (AvgIpc) is 3.04. The standard InChI is InChI=1S/C16H21N3O2/c1-2-9-17-14-7-3-6-13-12(14)5-4-8-15(13)20-10-16-18-11-21-19-16/h4-5,8,11,14,17H,2-3,6-7,9-10H2,1H3. The van der Waals surface area contributed by atoms with Crippen LogP contribution in [0.3, 0.4) is 0 Å². The number of fused-ring (bicyclic) bond motifs is 1. The van der Waals surface area contributed by atoms with Gasteiger partial charge in [-0.05, 0) is 49.4 Å². The summed E-state index contributed by atoms with van der Waals surface area (Å²) in [6.45, 7) is 3.60. The molecule has 1 aliphatic rings. The lowest BCUT2D eigenvalue weighted by Gasteiger charge is -2.28. The second-order valence-electron chi connectivity index (χ2n) is 5.36. The van der Waals surface area contributed by atoms with Gasteiger partial charge in [-0.2, -0.15) is 4.98 Å². The van der Waals surface area contributed by atoms with Crippen LogP contribution in [-0.4, -0.2) is 16.7 Å². The molecule has 1 aromatic carbocycles. The van der Waals surface area contributed by atoms with Crippen LogP contribution < -0.4 is 10.1 Å². The number of hydrogen-bond acceptors (Lipinski definition) is 5. The number of benzene rings is 1. The van der Waals surface area contributed by atoms with Gasteiger partial charge in [0.05, 0.1) is 0 Å². The van der Waals surface area contributed by atoms with Crippen molar-refractivity contribution in [2.45, 2.75) is 45.3 Å². The van der Waals surface area contributed by atoms with Gasteiger partial charge in [0.25, 0.3) is 0 Å². The maximum atomic E-state index is 5.89. The smallest absolute Gasteiger partial charge is 0.213 e. The second-order valence-corrected chi connectivity index (χ2v) is 5.36. The lowest BCUT2D eigenvalue weighted by molar-refractivity contribution is 0.281. The Morgan fingerprint density at radius 1 is 1.43 bits per heavy atom. The number of nitrogens with one attached hydrogen (secondary N) is 1. The minimum absolute atomic E-state index is 0.347. The van der Waals surface area contributed by atoms with Crippen molar-refractivity contribution in [2.24, 2.45) is 0 Å². The summed E-state index contributed by atoms with van der Waals surface area (Å²) < 4.78 is 10.6. The third kappa shape index (κ3) is 3.24. The van der Waals surface area contributed by atoms with Gasteiger partial charge in [0.15, 0.2) is 6.61 Å². The van der Waals surface area contributed by atoms with E-state index in [1.54, 1.807) is 0 Å². The first-order chi connectivity index (χ1) is 10.4. The van der Waals surface area contributed by atoms with Gasteiger partial charge in [-0.15, -0.1) is 0 Å². The molecule has 0 radical (unpaired) electrons. The van der Waals surface area contributed by atoms with Crippen LogP contribution in [0.15, 0.2) is 29.1 Å². The molecule has 0 aliphatic heterocycles. The van der Waals surface area contributed by atoms with Crippen molar-refractivity contribution < 1.29 is 9.26 Å². The van der Waals surface area contributed by atoms with Gasteiger partial charge in [-0.1, -0.05) is 24.2 Å². The molecule has 1 unspecified atom stereocenters. The van der Waals surface area contributed by atoms with Crippen molar-refractivity contribution >= 4 is 0 Å². The summed E-state index contributed by atoms with van der Waals surface area (Å²) >= 11 is 0. The van der Waals surface area contributed by atoms with Crippen LogP contribution in [0.1, 0.15) is 49.2 Å². The van der Waals surface area contributed by atoms with Crippen molar-refractivity contribution in [3.8, 4) is 5.75 Å². The molecule has 5 nitrogen and oxygen atoms in total. The van der Waals surface area contributed by atoms with Gasteiger partial charge in [0, 0.05) is 6.04 Å². The number of aromatic nitrogens is 2. The molecule has 21 heavy (non-hydrogen) atoms. The predicted octanol–water partition coefficient (Wildman–Crippen LogP) is 3.03. The number of rotatable bonds is 6. The lowest BCUT2D eigenvalue weighted by atomic mass is 9.87. The average molecular weight is 287 g/mol. The van der Waals surface area contributed by atoms with E-state index in [1.807, 2.05) is 6.07 Å². The molecule has 5 heteroatoms. The summed E-state index contributed by atoms with van der Waals surface area (Å²) in [6.07, 6.45) is 5.93. The Bertz CT molecular complexity index is 569. The quantitative estimate of drug-likeness (QED) is 0.885. The van der Waals surface area contributed by atoms with Crippen LogP contribution in [0, 0.1) is 0 Å². The van der Waals surface area contributed by atoms with Gasteiger partial charge in [-0.3, -0.25) is 0 Å². The van der Waals surface area contributed by atoms with Crippen LogP contribution in [0.25, 0.3) is 0 Å². The Labute approximate surface area is 124 Å². The third-order valence-electron chi connectivity index (χ3n) is 3.87. The zero-order valence-electron chi connectivity index (χ0n) is 12.3. The SMILES string of the molecule is CCCNC1CCCc2c(OCc3ncon3)cccc21. The number of nitrogens with zero attached hydrogens (tertiary/aromatic N) is 2. The molecule has 1 N–H and O–H groups in total. The van der Waals surface area contributed by atoms with Crippen LogP contribution in [0.4, 0.5) is 0 Å². The van der Waals surface area contributed by atoms with Gasteiger partial charge < -0.3 is 14.6 Å². The summed E-state index contributed by atoms with van der Waals surface area (Å²) in [5, 5.41) is 7.40. The predicted molar refractivity (Wildman–Crippen MR) is 79.0 cm³/mol. The third-order valence-corrected chi connectivity index (χ3v) is 3.87.